The van der Waals surface area contributed by atoms with Crippen LogP contribution in [0.25, 0.3) is 0 Å². The van der Waals surface area contributed by atoms with Crippen molar-refractivity contribution in [2.45, 2.75) is 13.5 Å². The number of hydrogen-bond donors (Lipinski definition) is 0. The van der Waals surface area contributed by atoms with Crippen LogP contribution in [-0.4, -0.2) is 60.1 Å². The highest BCUT2D eigenvalue weighted by molar-refractivity contribution is 5.77. The summed E-state index contributed by atoms with van der Waals surface area (Å²) >= 11 is 0. The van der Waals surface area contributed by atoms with Gasteiger partial charge in [-0.2, -0.15) is 0 Å². The van der Waals surface area contributed by atoms with Crippen LogP contribution < -0.4 is 0 Å². The summed E-state index contributed by atoms with van der Waals surface area (Å²) in [6.07, 6.45) is 3.63. The van der Waals surface area contributed by atoms with Crippen LogP contribution in [0.4, 0.5) is 0 Å². The fourth-order valence-corrected chi connectivity index (χ4v) is 2.18. The highest BCUT2D eigenvalue weighted by atomic mass is 16.5. The number of amides is 1. The minimum absolute atomic E-state index is 0.102. The van der Waals surface area contributed by atoms with Crippen molar-refractivity contribution >= 4 is 5.91 Å². The van der Waals surface area contributed by atoms with Crippen molar-refractivity contribution in [3.8, 4) is 0 Å². The summed E-state index contributed by atoms with van der Waals surface area (Å²) in [6.45, 7) is 7.04. The topological polar surface area (TPSA) is 45.7 Å². The molecule has 0 unspecified atom stereocenters. The van der Waals surface area contributed by atoms with Crippen LogP contribution in [0.1, 0.15) is 12.5 Å². The van der Waals surface area contributed by atoms with Crippen LogP contribution >= 0.6 is 0 Å². The highest BCUT2D eigenvalue weighted by Crippen LogP contribution is 2.07. The second-order valence-electron chi connectivity index (χ2n) is 4.65. The second kappa shape index (κ2) is 7.21. The van der Waals surface area contributed by atoms with Crippen LogP contribution in [-0.2, 0) is 16.1 Å². The molecule has 1 aromatic heterocycles. The lowest BCUT2D eigenvalue weighted by Crippen LogP contribution is -2.49. The first-order valence-corrected chi connectivity index (χ1v) is 6.76. The van der Waals surface area contributed by atoms with Gasteiger partial charge in [0.1, 0.15) is 6.61 Å². The maximum atomic E-state index is 11.8. The van der Waals surface area contributed by atoms with Crippen LogP contribution in [0, 0.1) is 0 Å². The van der Waals surface area contributed by atoms with E-state index >= 15 is 0 Å². The molecule has 0 spiro atoms. The molecule has 1 aliphatic rings. The van der Waals surface area contributed by atoms with E-state index in [4.69, 9.17) is 4.74 Å². The van der Waals surface area contributed by atoms with Crippen molar-refractivity contribution in [1.82, 2.24) is 14.8 Å². The van der Waals surface area contributed by atoms with Gasteiger partial charge in [-0.05, 0) is 24.6 Å². The van der Waals surface area contributed by atoms with E-state index in [0.717, 1.165) is 32.7 Å². The number of rotatable bonds is 5. The maximum Gasteiger partial charge on any atom is 0.248 e. The average molecular weight is 263 g/mol. The van der Waals surface area contributed by atoms with Crippen molar-refractivity contribution in [2.75, 3.05) is 39.4 Å². The Balaban J connectivity index is 1.75. The molecule has 5 nitrogen and oxygen atoms in total. The zero-order valence-corrected chi connectivity index (χ0v) is 11.4. The molecule has 1 saturated heterocycles. The summed E-state index contributed by atoms with van der Waals surface area (Å²) in [5.41, 5.74) is 1.27. The molecule has 0 radical (unpaired) electrons. The Hall–Kier alpha value is -1.46. The quantitative estimate of drug-likeness (QED) is 0.787. The summed E-state index contributed by atoms with van der Waals surface area (Å²) in [6, 6.07) is 4.07. The molecule has 1 aromatic rings. The SMILES string of the molecule is CCOCC(=O)N1CCN(Cc2ccncc2)CC1. The van der Waals surface area contributed by atoms with Gasteiger partial charge >= 0.3 is 0 Å². The molecule has 1 aliphatic heterocycles. The molecular formula is C14H21N3O2. The minimum Gasteiger partial charge on any atom is -0.372 e. The molecule has 0 atom stereocenters. The summed E-state index contributed by atoms with van der Waals surface area (Å²) in [5, 5.41) is 0. The fraction of sp³-hybridized carbons (Fsp3) is 0.571. The first kappa shape index (κ1) is 14.0. The Morgan fingerprint density at radius 2 is 1.95 bits per heavy atom. The first-order chi connectivity index (χ1) is 9.29. The molecule has 2 heterocycles. The van der Waals surface area contributed by atoms with Crippen molar-refractivity contribution in [3.05, 3.63) is 30.1 Å². The lowest BCUT2D eigenvalue weighted by molar-refractivity contribution is -0.137. The standard InChI is InChI=1S/C14H21N3O2/c1-2-19-12-14(18)17-9-7-16(8-10-17)11-13-3-5-15-6-4-13/h3-6H,2,7-12H2,1H3. The minimum atomic E-state index is 0.102. The van der Waals surface area contributed by atoms with E-state index in [9.17, 15) is 4.79 Å². The first-order valence-electron chi connectivity index (χ1n) is 6.76. The Labute approximate surface area is 114 Å². The summed E-state index contributed by atoms with van der Waals surface area (Å²) in [4.78, 5) is 20.1. The molecule has 0 saturated carbocycles. The Morgan fingerprint density at radius 3 is 2.58 bits per heavy atom. The average Bonchev–Trinajstić information content (AvgIpc) is 2.46. The zero-order chi connectivity index (χ0) is 13.5. The van der Waals surface area contributed by atoms with Crippen molar-refractivity contribution in [1.29, 1.82) is 0 Å². The monoisotopic (exact) mass is 263 g/mol. The predicted octanol–water partition coefficient (Wildman–Crippen LogP) is 0.762. The van der Waals surface area contributed by atoms with E-state index in [1.807, 2.05) is 36.4 Å². The van der Waals surface area contributed by atoms with Gasteiger partial charge in [0.2, 0.25) is 5.91 Å². The van der Waals surface area contributed by atoms with Crippen LogP contribution in [0.5, 0.6) is 0 Å². The van der Waals surface area contributed by atoms with Gasteiger partial charge in [0, 0.05) is 51.7 Å². The van der Waals surface area contributed by atoms with E-state index in [0.29, 0.717) is 6.61 Å². The van der Waals surface area contributed by atoms with Crippen LogP contribution in [0.3, 0.4) is 0 Å². The van der Waals surface area contributed by atoms with E-state index < -0.39 is 0 Å². The van der Waals surface area contributed by atoms with Crippen LogP contribution in [0.2, 0.25) is 0 Å². The van der Waals surface area contributed by atoms with E-state index in [1.165, 1.54) is 5.56 Å². The van der Waals surface area contributed by atoms with Gasteiger partial charge < -0.3 is 9.64 Å². The Kier molecular flexibility index (Phi) is 5.30. The molecule has 0 bridgehead atoms. The third-order valence-corrected chi connectivity index (χ3v) is 3.31. The summed E-state index contributed by atoms with van der Waals surface area (Å²) in [5.74, 6) is 0.102. The smallest absolute Gasteiger partial charge is 0.248 e. The molecule has 1 amide bonds. The third kappa shape index (κ3) is 4.29. The van der Waals surface area contributed by atoms with Crippen molar-refractivity contribution in [2.24, 2.45) is 0 Å². The van der Waals surface area contributed by atoms with E-state index in [1.54, 1.807) is 0 Å². The zero-order valence-electron chi connectivity index (χ0n) is 11.4. The maximum absolute atomic E-state index is 11.8. The van der Waals surface area contributed by atoms with Gasteiger partial charge in [-0.25, -0.2) is 0 Å². The van der Waals surface area contributed by atoms with Gasteiger partial charge in [0.25, 0.3) is 0 Å². The number of aromatic nitrogens is 1. The summed E-state index contributed by atoms with van der Waals surface area (Å²) in [7, 11) is 0. The predicted molar refractivity (Wildman–Crippen MR) is 72.6 cm³/mol. The number of pyridine rings is 1. The van der Waals surface area contributed by atoms with Gasteiger partial charge in [-0.3, -0.25) is 14.7 Å². The third-order valence-electron chi connectivity index (χ3n) is 3.31. The van der Waals surface area contributed by atoms with Gasteiger partial charge in [-0.1, -0.05) is 0 Å². The number of piperazine rings is 1. The number of ether oxygens (including phenoxy) is 1. The van der Waals surface area contributed by atoms with Crippen molar-refractivity contribution in [3.63, 3.8) is 0 Å². The molecule has 2 rings (SSSR count). The lowest BCUT2D eigenvalue weighted by atomic mass is 10.2. The molecular weight excluding hydrogens is 242 g/mol. The number of carbonyl (C=O) groups is 1. The van der Waals surface area contributed by atoms with Gasteiger partial charge in [-0.15, -0.1) is 0 Å². The molecule has 19 heavy (non-hydrogen) atoms. The molecule has 0 aliphatic carbocycles. The van der Waals surface area contributed by atoms with E-state index in [-0.39, 0.29) is 12.5 Å². The molecule has 5 heteroatoms. The van der Waals surface area contributed by atoms with Crippen LogP contribution in [0.15, 0.2) is 24.5 Å². The number of carbonyl (C=O) groups excluding carboxylic acids is 1. The van der Waals surface area contributed by atoms with E-state index in [2.05, 4.69) is 9.88 Å². The number of nitrogens with zero attached hydrogens (tertiary/aromatic N) is 3. The molecule has 104 valence electrons. The summed E-state index contributed by atoms with van der Waals surface area (Å²) < 4.78 is 5.16. The largest absolute Gasteiger partial charge is 0.372 e. The Morgan fingerprint density at radius 1 is 1.26 bits per heavy atom. The number of hydrogen-bond acceptors (Lipinski definition) is 4. The Bertz CT molecular complexity index is 389. The molecule has 0 N–H and O–H groups in total. The highest BCUT2D eigenvalue weighted by Gasteiger charge is 2.20. The molecule has 1 fully saturated rings. The normalized spacial score (nSPS) is 16.6. The van der Waals surface area contributed by atoms with Gasteiger partial charge in [0.15, 0.2) is 0 Å². The van der Waals surface area contributed by atoms with Gasteiger partial charge in [0.05, 0.1) is 0 Å². The molecule has 0 aromatic carbocycles. The second-order valence-corrected chi connectivity index (χ2v) is 4.65. The fourth-order valence-electron chi connectivity index (χ4n) is 2.18. The lowest BCUT2D eigenvalue weighted by Gasteiger charge is -2.34. The van der Waals surface area contributed by atoms with Crippen molar-refractivity contribution < 1.29 is 9.53 Å².